The van der Waals surface area contributed by atoms with Gasteiger partial charge in [0.25, 0.3) is 0 Å². The Bertz CT molecular complexity index is 863. The maximum atomic E-state index is 12.0. The molecule has 0 atom stereocenters. The molecule has 0 unspecified atom stereocenters. The van der Waals surface area contributed by atoms with Gasteiger partial charge in [0.05, 0.1) is 0 Å². The second kappa shape index (κ2) is 6.32. The van der Waals surface area contributed by atoms with E-state index in [1.165, 1.54) is 29.7 Å². The molecule has 0 saturated heterocycles. The number of carbonyl (C=O) groups excluding carboxylic acids is 1. The van der Waals surface area contributed by atoms with Crippen LogP contribution in [-0.2, 0) is 17.8 Å². The van der Waals surface area contributed by atoms with Gasteiger partial charge < -0.3 is 5.32 Å². The molecular weight excluding hydrogens is 322 g/mol. The van der Waals surface area contributed by atoms with Crippen LogP contribution < -0.4 is 5.32 Å². The van der Waals surface area contributed by atoms with E-state index in [1.807, 2.05) is 16.6 Å². The van der Waals surface area contributed by atoms with Crippen molar-refractivity contribution >= 4 is 22.2 Å². The summed E-state index contributed by atoms with van der Waals surface area (Å²) in [5, 5.41) is 16.8. The third-order valence-corrected chi connectivity index (χ3v) is 5.13. The number of hydrogen-bond acceptors (Lipinski definition) is 5. The van der Waals surface area contributed by atoms with Gasteiger partial charge in [-0.25, -0.2) is 0 Å². The zero-order valence-electron chi connectivity index (χ0n) is 13.5. The molecule has 0 spiro atoms. The molecule has 7 heteroatoms. The van der Waals surface area contributed by atoms with Crippen molar-refractivity contribution in [3.63, 3.8) is 0 Å². The molecule has 0 bridgehead atoms. The van der Waals surface area contributed by atoms with E-state index in [0.717, 1.165) is 21.4 Å². The molecule has 1 aliphatic rings. The number of aromatic nitrogens is 4. The topological polar surface area (TPSA) is 72.2 Å². The molecule has 6 nitrogen and oxygen atoms in total. The molecule has 2 heterocycles. The fourth-order valence-electron chi connectivity index (χ4n) is 2.58. The lowest BCUT2D eigenvalue weighted by molar-refractivity contribution is -0.121. The van der Waals surface area contributed by atoms with E-state index in [4.69, 9.17) is 0 Å². The molecule has 3 aromatic rings. The highest BCUT2D eigenvalue weighted by atomic mass is 32.1. The van der Waals surface area contributed by atoms with Gasteiger partial charge in [0.2, 0.25) is 10.9 Å². The Balaban J connectivity index is 1.31. The van der Waals surface area contributed by atoms with Crippen LogP contribution in [0.4, 0.5) is 0 Å². The smallest absolute Gasteiger partial charge is 0.234 e. The van der Waals surface area contributed by atoms with E-state index in [0.29, 0.717) is 25.3 Å². The zero-order valence-corrected chi connectivity index (χ0v) is 14.3. The first-order valence-corrected chi connectivity index (χ1v) is 9.04. The Morgan fingerprint density at radius 2 is 2.08 bits per heavy atom. The summed E-state index contributed by atoms with van der Waals surface area (Å²) in [6.45, 7) is 2.62. The fourth-order valence-corrected chi connectivity index (χ4v) is 3.42. The summed E-state index contributed by atoms with van der Waals surface area (Å²) in [4.78, 5) is 12.9. The highest BCUT2D eigenvalue weighted by Crippen LogP contribution is 2.39. The lowest BCUT2D eigenvalue weighted by atomic mass is 10.1. The Hall–Kier alpha value is -2.28. The third kappa shape index (κ3) is 3.31. The summed E-state index contributed by atoms with van der Waals surface area (Å²) in [5.74, 6) is 1.54. The number of carbonyl (C=O) groups is 1. The number of benzene rings is 1. The molecular formula is C17H19N5OS. The van der Waals surface area contributed by atoms with Crippen LogP contribution in [0, 0.1) is 6.92 Å². The minimum absolute atomic E-state index is 0.0453. The van der Waals surface area contributed by atoms with Gasteiger partial charge in [-0.2, -0.15) is 9.61 Å². The van der Waals surface area contributed by atoms with Gasteiger partial charge in [0.1, 0.15) is 5.01 Å². The van der Waals surface area contributed by atoms with Gasteiger partial charge in [-0.3, -0.25) is 4.79 Å². The second-order valence-corrected chi connectivity index (χ2v) is 7.33. The van der Waals surface area contributed by atoms with Crippen molar-refractivity contribution in [2.24, 2.45) is 0 Å². The Labute approximate surface area is 143 Å². The molecule has 2 aromatic heterocycles. The van der Waals surface area contributed by atoms with E-state index in [1.54, 1.807) is 0 Å². The minimum Gasteiger partial charge on any atom is -0.352 e. The van der Waals surface area contributed by atoms with Crippen LogP contribution in [0.5, 0.6) is 0 Å². The lowest BCUT2D eigenvalue weighted by Crippen LogP contribution is -2.23. The van der Waals surface area contributed by atoms with Crippen molar-refractivity contribution < 1.29 is 4.79 Å². The highest BCUT2D eigenvalue weighted by molar-refractivity contribution is 7.16. The molecule has 1 amide bonds. The van der Waals surface area contributed by atoms with Crippen LogP contribution >= 0.6 is 11.3 Å². The summed E-state index contributed by atoms with van der Waals surface area (Å²) in [5.41, 5.74) is 2.33. The van der Waals surface area contributed by atoms with Gasteiger partial charge in [0, 0.05) is 25.3 Å². The van der Waals surface area contributed by atoms with Crippen molar-refractivity contribution in [2.45, 2.75) is 45.1 Å². The number of nitrogens with zero attached hydrogens (tertiary/aromatic N) is 4. The zero-order chi connectivity index (χ0) is 16.5. The number of fused-ring (bicyclic) bond motifs is 1. The van der Waals surface area contributed by atoms with Gasteiger partial charge in [-0.15, -0.1) is 10.2 Å². The van der Waals surface area contributed by atoms with Gasteiger partial charge in [0.15, 0.2) is 5.82 Å². The Morgan fingerprint density at radius 1 is 1.29 bits per heavy atom. The number of amides is 1. The minimum atomic E-state index is 0.0453. The summed E-state index contributed by atoms with van der Waals surface area (Å²) in [6, 6.07) is 8.19. The third-order valence-electron chi connectivity index (χ3n) is 4.18. The van der Waals surface area contributed by atoms with E-state index in [2.05, 4.69) is 39.7 Å². The Morgan fingerprint density at radius 3 is 2.83 bits per heavy atom. The predicted octanol–water partition coefficient (Wildman–Crippen LogP) is 2.62. The molecule has 0 radical (unpaired) electrons. The monoisotopic (exact) mass is 341 g/mol. The van der Waals surface area contributed by atoms with Gasteiger partial charge >= 0.3 is 0 Å². The summed E-state index contributed by atoms with van der Waals surface area (Å²) >= 11 is 1.52. The average molecular weight is 341 g/mol. The van der Waals surface area contributed by atoms with Crippen molar-refractivity contribution in [2.75, 3.05) is 0 Å². The standard InChI is InChI=1S/C17H19N5OS/c1-11-2-4-12(5-3-11)10-18-14(23)8-9-15-21-22-16(13-6-7-13)19-20-17(22)24-15/h2-5,13H,6-10H2,1H3,(H,18,23). The van der Waals surface area contributed by atoms with Gasteiger partial charge in [-0.1, -0.05) is 41.2 Å². The van der Waals surface area contributed by atoms with Crippen molar-refractivity contribution in [3.05, 3.63) is 46.2 Å². The van der Waals surface area contributed by atoms with Crippen LogP contribution in [0.2, 0.25) is 0 Å². The van der Waals surface area contributed by atoms with E-state index < -0.39 is 0 Å². The average Bonchev–Trinajstić information content (AvgIpc) is 3.22. The summed E-state index contributed by atoms with van der Waals surface area (Å²) < 4.78 is 1.85. The lowest BCUT2D eigenvalue weighted by Gasteiger charge is -2.05. The van der Waals surface area contributed by atoms with Crippen molar-refractivity contribution in [1.82, 2.24) is 25.1 Å². The molecule has 24 heavy (non-hydrogen) atoms. The first kappa shape index (κ1) is 15.3. The molecule has 1 fully saturated rings. The first-order valence-electron chi connectivity index (χ1n) is 8.22. The normalized spacial score (nSPS) is 14.2. The van der Waals surface area contributed by atoms with E-state index in [-0.39, 0.29) is 5.91 Å². The highest BCUT2D eigenvalue weighted by Gasteiger charge is 2.30. The predicted molar refractivity (Wildman–Crippen MR) is 92.0 cm³/mol. The Kier molecular flexibility index (Phi) is 4.02. The van der Waals surface area contributed by atoms with E-state index >= 15 is 0 Å². The SMILES string of the molecule is Cc1ccc(CNC(=O)CCc2nn3c(C4CC4)nnc3s2)cc1. The molecule has 0 aliphatic heterocycles. The molecule has 1 aromatic carbocycles. The van der Waals surface area contributed by atoms with Crippen LogP contribution in [0.25, 0.3) is 4.96 Å². The number of nitrogens with one attached hydrogen (secondary N) is 1. The molecule has 1 N–H and O–H groups in total. The molecule has 1 saturated carbocycles. The van der Waals surface area contributed by atoms with Crippen molar-refractivity contribution in [1.29, 1.82) is 0 Å². The summed E-state index contributed by atoms with van der Waals surface area (Å²) in [7, 11) is 0. The number of rotatable bonds is 6. The molecule has 124 valence electrons. The summed E-state index contributed by atoms with van der Waals surface area (Å²) in [6.07, 6.45) is 3.43. The van der Waals surface area contributed by atoms with E-state index in [9.17, 15) is 4.79 Å². The number of hydrogen-bond donors (Lipinski definition) is 1. The quantitative estimate of drug-likeness (QED) is 0.748. The van der Waals surface area contributed by atoms with Crippen molar-refractivity contribution in [3.8, 4) is 0 Å². The largest absolute Gasteiger partial charge is 0.352 e. The fraction of sp³-hybridized carbons (Fsp3) is 0.412. The number of aryl methyl sites for hydroxylation is 2. The van der Waals surface area contributed by atoms with Crippen LogP contribution in [0.1, 0.15) is 47.1 Å². The molecule has 4 rings (SSSR count). The maximum Gasteiger partial charge on any atom is 0.234 e. The molecule has 1 aliphatic carbocycles. The van der Waals surface area contributed by atoms with Crippen LogP contribution in [-0.4, -0.2) is 25.7 Å². The van der Waals surface area contributed by atoms with Crippen LogP contribution in [0.3, 0.4) is 0 Å². The first-order chi connectivity index (χ1) is 11.7. The second-order valence-electron chi connectivity index (χ2n) is 6.28. The van der Waals surface area contributed by atoms with Gasteiger partial charge in [-0.05, 0) is 25.3 Å². The maximum absolute atomic E-state index is 12.0. The van der Waals surface area contributed by atoms with Crippen LogP contribution in [0.15, 0.2) is 24.3 Å².